The predicted octanol–water partition coefficient (Wildman–Crippen LogP) is 2.41. The zero-order valence-electron chi connectivity index (χ0n) is 7.91. The minimum Gasteiger partial charge on any atom is -0.496 e. The maximum Gasteiger partial charge on any atom is 0.280 e. The molecule has 5 heteroatoms. The van der Waals surface area contributed by atoms with Crippen LogP contribution in [0, 0.1) is 0 Å². The van der Waals surface area contributed by atoms with Crippen molar-refractivity contribution >= 4 is 15.9 Å². The molecule has 0 fully saturated rings. The molecule has 2 aromatic rings. The molecule has 1 heterocycles. The molecule has 0 unspecified atom stereocenters. The van der Waals surface area contributed by atoms with E-state index in [1.54, 1.807) is 7.11 Å². The second-order valence-corrected chi connectivity index (χ2v) is 3.84. The Morgan fingerprint density at radius 1 is 1.40 bits per heavy atom. The van der Waals surface area contributed by atoms with Crippen LogP contribution in [-0.2, 0) is 0 Å². The summed E-state index contributed by atoms with van der Waals surface area (Å²) in [5.74, 6) is 1.11. The molecule has 78 valence electrons. The smallest absolute Gasteiger partial charge is 0.280 e. The van der Waals surface area contributed by atoms with Crippen molar-refractivity contribution in [1.29, 1.82) is 0 Å². The number of H-pyrrole nitrogens is 1. The van der Waals surface area contributed by atoms with Gasteiger partial charge in [0.1, 0.15) is 5.75 Å². The van der Waals surface area contributed by atoms with Crippen LogP contribution in [0.3, 0.4) is 0 Å². The van der Waals surface area contributed by atoms with E-state index in [4.69, 9.17) is 9.26 Å². The van der Waals surface area contributed by atoms with Gasteiger partial charge in [-0.15, -0.1) is 0 Å². The first-order valence-corrected chi connectivity index (χ1v) is 5.02. The Morgan fingerprint density at radius 3 is 2.80 bits per heavy atom. The largest absolute Gasteiger partial charge is 0.496 e. The maximum atomic E-state index is 10.9. The van der Waals surface area contributed by atoms with Gasteiger partial charge in [0.05, 0.1) is 18.7 Å². The molecule has 0 amide bonds. The zero-order valence-corrected chi connectivity index (χ0v) is 9.50. The molecule has 15 heavy (non-hydrogen) atoms. The fraction of sp³-hybridized carbons (Fsp3) is 0.100. The van der Waals surface area contributed by atoms with Gasteiger partial charge in [0.25, 0.3) is 5.56 Å². The lowest BCUT2D eigenvalue weighted by Gasteiger charge is -2.05. The highest BCUT2D eigenvalue weighted by atomic mass is 79.9. The lowest BCUT2D eigenvalue weighted by molar-refractivity contribution is 0.404. The summed E-state index contributed by atoms with van der Waals surface area (Å²) in [6, 6.07) is 6.86. The van der Waals surface area contributed by atoms with Gasteiger partial charge in [0, 0.05) is 4.47 Å². The summed E-state index contributed by atoms with van der Waals surface area (Å²) in [6.45, 7) is 0. The van der Waals surface area contributed by atoms with Gasteiger partial charge in [-0.3, -0.25) is 4.79 Å². The Hall–Kier alpha value is -1.49. The van der Waals surface area contributed by atoms with Crippen LogP contribution in [0.1, 0.15) is 0 Å². The first-order valence-electron chi connectivity index (χ1n) is 4.23. The Kier molecular flexibility index (Phi) is 2.64. The molecule has 0 aliphatic rings. The fourth-order valence-corrected chi connectivity index (χ4v) is 1.62. The van der Waals surface area contributed by atoms with Crippen molar-refractivity contribution in [3.05, 3.63) is 39.1 Å². The minimum atomic E-state index is -0.269. The third-order valence-electron chi connectivity index (χ3n) is 1.95. The lowest BCUT2D eigenvalue weighted by atomic mass is 10.1. The summed E-state index contributed by atoms with van der Waals surface area (Å²) in [5, 5.41) is 2.24. The van der Waals surface area contributed by atoms with Crippen LogP contribution in [0.5, 0.6) is 5.75 Å². The van der Waals surface area contributed by atoms with E-state index in [0.717, 1.165) is 10.0 Å². The number of aromatic amines is 1. The molecule has 0 aliphatic carbocycles. The van der Waals surface area contributed by atoms with Gasteiger partial charge in [-0.05, 0) is 18.2 Å². The Balaban J connectivity index is 2.57. The third-order valence-corrected chi connectivity index (χ3v) is 2.45. The van der Waals surface area contributed by atoms with Gasteiger partial charge in [-0.25, -0.2) is 0 Å². The highest BCUT2D eigenvalue weighted by Crippen LogP contribution is 2.31. The van der Waals surface area contributed by atoms with Gasteiger partial charge in [0.15, 0.2) is 5.76 Å². The second kappa shape index (κ2) is 3.94. The molecule has 1 N–H and O–H groups in total. The number of halogens is 1. The molecule has 2 rings (SSSR count). The molecule has 1 aromatic heterocycles. The Morgan fingerprint density at radius 2 is 2.20 bits per heavy atom. The monoisotopic (exact) mass is 269 g/mol. The van der Waals surface area contributed by atoms with E-state index in [-0.39, 0.29) is 5.56 Å². The van der Waals surface area contributed by atoms with Crippen molar-refractivity contribution in [2.75, 3.05) is 7.11 Å². The van der Waals surface area contributed by atoms with E-state index < -0.39 is 0 Å². The fourth-order valence-electron chi connectivity index (χ4n) is 1.28. The molecule has 0 aliphatic heterocycles. The van der Waals surface area contributed by atoms with E-state index in [9.17, 15) is 4.79 Å². The molecule has 0 saturated carbocycles. The second-order valence-electron chi connectivity index (χ2n) is 2.92. The maximum absolute atomic E-state index is 10.9. The third kappa shape index (κ3) is 1.97. The van der Waals surface area contributed by atoms with Gasteiger partial charge < -0.3 is 9.26 Å². The molecule has 4 nitrogen and oxygen atoms in total. The molecule has 1 aromatic carbocycles. The number of nitrogens with one attached hydrogen (secondary N) is 1. The summed E-state index contributed by atoms with van der Waals surface area (Å²) in [4.78, 5) is 10.9. The van der Waals surface area contributed by atoms with Gasteiger partial charge in [0.2, 0.25) is 0 Å². The van der Waals surface area contributed by atoms with Crippen LogP contribution in [0.2, 0.25) is 0 Å². The molecule has 0 saturated heterocycles. The standard InChI is InChI=1S/C10H8BrNO3/c1-14-8-4-6(11)2-3-7(8)9-5-10(13)12-15-9/h2-5H,1H3,(H,12,13). The normalized spacial score (nSPS) is 10.3. The molecular weight excluding hydrogens is 262 g/mol. The van der Waals surface area contributed by atoms with E-state index in [2.05, 4.69) is 21.1 Å². The molecule has 0 bridgehead atoms. The Labute approximate surface area is 94.0 Å². The molecule has 0 atom stereocenters. The number of methoxy groups -OCH3 is 1. The summed E-state index contributed by atoms with van der Waals surface area (Å²) in [6.07, 6.45) is 0. The number of hydrogen-bond donors (Lipinski definition) is 1. The first kappa shape index (κ1) is 10.0. The average Bonchev–Trinajstić information content (AvgIpc) is 2.64. The minimum absolute atomic E-state index is 0.269. The number of aromatic nitrogens is 1. The lowest BCUT2D eigenvalue weighted by Crippen LogP contribution is -1.92. The van der Waals surface area contributed by atoms with E-state index >= 15 is 0 Å². The van der Waals surface area contributed by atoms with Gasteiger partial charge in [-0.1, -0.05) is 15.9 Å². The number of rotatable bonds is 2. The van der Waals surface area contributed by atoms with Crippen molar-refractivity contribution in [3.63, 3.8) is 0 Å². The first-order chi connectivity index (χ1) is 7.20. The average molecular weight is 270 g/mol. The highest BCUT2D eigenvalue weighted by Gasteiger charge is 2.10. The van der Waals surface area contributed by atoms with Gasteiger partial charge >= 0.3 is 0 Å². The topological polar surface area (TPSA) is 55.2 Å². The summed E-state index contributed by atoms with van der Waals surface area (Å²) in [5.41, 5.74) is 0.467. The van der Waals surface area contributed by atoms with Crippen LogP contribution in [0.4, 0.5) is 0 Å². The number of ether oxygens (including phenoxy) is 1. The van der Waals surface area contributed by atoms with Crippen LogP contribution in [0.25, 0.3) is 11.3 Å². The van der Waals surface area contributed by atoms with Gasteiger partial charge in [-0.2, -0.15) is 5.16 Å². The van der Waals surface area contributed by atoms with E-state index in [1.165, 1.54) is 6.07 Å². The SMILES string of the molecule is COc1cc(Br)ccc1-c1cc(=O)[nH]o1. The summed E-state index contributed by atoms with van der Waals surface area (Å²) in [7, 11) is 1.57. The highest BCUT2D eigenvalue weighted by molar-refractivity contribution is 9.10. The predicted molar refractivity (Wildman–Crippen MR) is 59.0 cm³/mol. The number of benzene rings is 1. The van der Waals surface area contributed by atoms with Crippen molar-refractivity contribution in [2.45, 2.75) is 0 Å². The zero-order chi connectivity index (χ0) is 10.8. The summed E-state index contributed by atoms with van der Waals surface area (Å²) >= 11 is 3.33. The van der Waals surface area contributed by atoms with Crippen molar-refractivity contribution in [1.82, 2.24) is 5.16 Å². The van der Waals surface area contributed by atoms with Crippen molar-refractivity contribution in [2.24, 2.45) is 0 Å². The summed E-state index contributed by atoms with van der Waals surface area (Å²) < 4.78 is 11.1. The van der Waals surface area contributed by atoms with E-state index in [1.807, 2.05) is 18.2 Å². The Bertz CT molecular complexity index is 529. The quantitative estimate of drug-likeness (QED) is 0.911. The van der Waals surface area contributed by atoms with Crippen LogP contribution in [0.15, 0.2) is 38.1 Å². The van der Waals surface area contributed by atoms with Crippen LogP contribution >= 0.6 is 15.9 Å². The van der Waals surface area contributed by atoms with E-state index in [0.29, 0.717) is 11.5 Å². The molecule has 0 spiro atoms. The van der Waals surface area contributed by atoms with Crippen LogP contribution < -0.4 is 10.3 Å². The molecule has 0 radical (unpaired) electrons. The van der Waals surface area contributed by atoms with Crippen LogP contribution in [-0.4, -0.2) is 12.3 Å². The van der Waals surface area contributed by atoms with Crippen molar-refractivity contribution < 1.29 is 9.26 Å². The number of hydrogen-bond acceptors (Lipinski definition) is 3. The van der Waals surface area contributed by atoms with Crippen molar-refractivity contribution in [3.8, 4) is 17.1 Å². The molecular formula is C10H8BrNO3.